The predicted octanol–water partition coefficient (Wildman–Crippen LogP) is 0.966. The minimum absolute atomic E-state index is 0.250. The summed E-state index contributed by atoms with van der Waals surface area (Å²) in [5, 5.41) is 0. The van der Waals surface area contributed by atoms with Gasteiger partial charge in [-0.3, -0.25) is 10.3 Å². The Balaban J connectivity index is 1.65. The molecule has 0 unspecified atom stereocenters. The fourth-order valence-corrected chi connectivity index (χ4v) is 3.22. The molecule has 3 rings (SSSR count). The first-order valence-corrected chi connectivity index (χ1v) is 7.26. The summed E-state index contributed by atoms with van der Waals surface area (Å²) in [6.07, 6.45) is 6.47. The van der Waals surface area contributed by atoms with Gasteiger partial charge < -0.3 is 4.90 Å². The Morgan fingerprint density at radius 1 is 1.20 bits per heavy atom. The number of hydrogen-bond donors (Lipinski definition) is 2. The van der Waals surface area contributed by atoms with Crippen LogP contribution in [0.25, 0.3) is 0 Å². The Morgan fingerprint density at radius 2 is 1.90 bits per heavy atom. The lowest BCUT2D eigenvalue weighted by Crippen LogP contribution is -2.50. The fraction of sp³-hybridized carbons (Fsp3) is 0.692. The van der Waals surface area contributed by atoms with E-state index < -0.39 is 5.82 Å². The van der Waals surface area contributed by atoms with Gasteiger partial charge in [0.15, 0.2) is 11.6 Å². The van der Waals surface area contributed by atoms with Gasteiger partial charge in [0.1, 0.15) is 0 Å². The zero-order valence-electron chi connectivity index (χ0n) is 11.6. The number of rotatable bonds is 3. The number of hydrazine groups is 1. The fourth-order valence-electron chi connectivity index (χ4n) is 3.22. The topological polar surface area (TPSA) is 70.3 Å². The van der Waals surface area contributed by atoms with Crippen LogP contribution < -0.4 is 16.2 Å². The molecule has 2 aliphatic rings. The van der Waals surface area contributed by atoms with E-state index in [0.717, 1.165) is 32.2 Å². The maximum atomic E-state index is 13.8. The van der Waals surface area contributed by atoms with Crippen molar-refractivity contribution in [2.75, 3.05) is 36.5 Å². The molecule has 20 heavy (non-hydrogen) atoms. The second-order valence-corrected chi connectivity index (χ2v) is 5.47. The summed E-state index contributed by atoms with van der Waals surface area (Å²) in [5.41, 5.74) is 2.36. The first-order valence-electron chi connectivity index (χ1n) is 7.26. The molecule has 2 fully saturated rings. The van der Waals surface area contributed by atoms with Crippen LogP contribution in [0.4, 0.5) is 16.2 Å². The van der Waals surface area contributed by atoms with Gasteiger partial charge in [-0.15, -0.1) is 0 Å². The average molecular weight is 280 g/mol. The number of nitrogens with two attached hydrogens (primary N) is 1. The summed E-state index contributed by atoms with van der Waals surface area (Å²) < 4.78 is 13.8. The molecular weight excluding hydrogens is 259 g/mol. The maximum absolute atomic E-state index is 13.8. The van der Waals surface area contributed by atoms with Crippen molar-refractivity contribution in [3.63, 3.8) is 0 Å². The second kappa shape index (κ2) is 5.88. The van der Waals surface area contributed by atoms with Crippen molar-refractivity contribution >= 4 is 11.8 Å². The average Bonchev–Trinajstić information content (AvgIpc) is 3.02. The van der Waals surface area contributed by atoms with Crippen molar-refractivity contribution in [3.8, 4) is 0 Å². The van der Waals surface area contributed by atoms with E-state index in [0.29, 0.717) is 5.82 Å². The van der Waals surface area contributed by atoms with Crippen LogP contribution >= 0.6 is 0 Å². The Labute approximate surface area is 118 Å². The highest BCUT2D eigenvalue weighted by atomic mass is 19.1. The Morgan fingerprint density at radius 3 is 2.55 bits per heavy atom. The minimum atomic E-state index is -0.390. The summed E-state index contributed by atoms with van der Waals surface area (Å²) in [4.78, 5) is 12.4. The molecule has 0 radical (unpaired) electrons. The molecular formula is C13H21FN6. The highest BCUT2D eigenvalue weighted by Crippen LogP contribution is 2.26. The molecule has 0 spiro atoms. The maximum Gasteiger partial charge on any atom is 0.239 e. The number of hydrogen-bond acceptors (Lipinski definition) is 6. The van der Waals surface area contributed by atoms with Gasteiger partial charge in [0.25, 0.3) is 0 Å². The molecule has 0 aromatic carbocycles. The van der Waals surface area contributed by atoms with E-state index in [9.17, 15) is 4.39 Å². The third-order valence-corrected chi connectivity index (χ3v) is 4.31. The number of nitrogens with one attached hydrogen (secondary N) is 1. The van der Waals surface area contributed by atoms with Crippen LogP contribution in [-0.2, 0) is 0 Å². The molecule has 1 aromatic heterocycles. The van der Waals surface area contributed by atoms with Crippen LogP contribution in [0.2, 0.25) is 0 Å². The predicted molar refractivity (Wildman–Crippen MR) is 75.8 cm³/mol. The molecule has 1 aliphatic heterocycles. The highest BCUT2D eigenvalue weighted by molar-refractivity contribution is 5.44. The number of nitrogens with zero attached hydrogens (tertiary/aromatic N) is 4. The van der Waals surface area contributed by atoms with Crippen LogP contribution in [-0.4, -0.2) is 47.1 Å². The van der Waals surface area contributed by atoms with Gasteiger partial charge in [-0.2, -0.15) is 4.98 Å². The number of aromatic nitrogens is 2. The first-order chi connectivity index (χ1) is 9.78. The zero-order valence-corrected chi connectivity index (χ0v) is 11.6. The van der Waals surface area contributed by atoms with Crippen molar-refractivity contribution in [2.24, 2.45) is 5.84 Å². The summed E-state index contributed by atoms with van der Waals surface area (Å²) >= 11 is 0. The molecule has 6 nitrogen and oxygen atoms in total. The summed E-state index contributed by atoms with van der Waals surface area (Å²) in [7, 11) is 0. The van der Waals surface area contributed by atoms with E-state index in [1.54, 1.807) is 0 Å². The molecule has 0 atom stereocenters. The molecule has 0 amide bonds. The van der Waals surface area contributed by atoms with Gasteiger partial charge in [0.05, 0.1) is 6.20 Å². The van der Waals surface area contributed by atoms with Gasteiger partial charge in [0.2, 0.25) is 5.95 Å². The summed E-state index contributed by atoms with van der Waals surface area (Å²) in [5.74, 6) is 5.48. The number of halogens is 1. The van der Waals surface area contributed by atoms with Crippen molar-refractivity contribution in [3.05, 3.63) is 12.0 Å². The van der Waals surface area contributed by atoms with Gasteiger partial charge >= 0.3 is 0 Å². The lowest BCUT2D eigenvalue weighted by Gasteiger charge is -2.38. The van der Waals surface area contributed by atoms with Gasteiger partial charge in [-0.1, -0.05) is 12.8 Å². The standard InChI is InChI=1S/C13H21FN6/c14-11-9-16-13(18-15)17-12(11)20-7-5-19(6-8-20)10-3-1-2-4-10/h9-10H,1-8,15H2,(H,16,17,18). The van der Waals surface area contributed by atoms with Gasteiger partial charge in [0, 0.05) is 32.2 Å². The first kappa shape index (κ1) is 13.5. The van der Waals surface area contributed by atoms with Crippen LogP contribution in [0, 0.1) is 5.82 Å². The lowest BCUT2D eigenvalue weighted by atomic mass is 10.2. The summed E-state index contributed by atoms with van der Waals surface area (Å²) in [6.45, 7) is 3.54. The van der Waals surface area contributed by atoms with E-state index in [1.807, 2.05) is 4.90 Å². The Bertz CT molecular complexity index is 454. The zero-order chi connectivity index (χ0) is 13.9. The van der Waals surface area contributed by atoms with Crippen LogP contribution in [0.3, 0.4) is 0 Å². The van der Waals surface area contributed by atoms with E-state index in [4.69, 9.17) is 5.84 Å². The molecule has 7 heteroatoms. The molecule has 1 aliphatic carbocycles. The Hall–Kier alpha value is -1.47. The van der Waals surface area contributed by atoms with E-state index in [1.165, 1.54) is 31.9 Å². The third-order valence-electron chi connectivity index (χ3n) is 4.31. The normalized spacial score (nSPS) is 21.4. The van der Waals surface area contributed by atoms with Crippen molar-refractivity contribution < 1.29 is 4.39 Å². The molecule has 2 heterocycles. The largest absolute Gasteiger partial charge is 0.351 e. The van der Waals surface area contributed by atoms with E-state index in [-0.39, 0.29) is 5.95 Å². The van der Waals surface area contributed by atoms with Gasteiger partial charge in [-0.05, 0) is 12.8 Å². The molecule has 1 saturated heterocycles. The summed E-state index contributed by atoms with van der Waals surface area (Å²) in [6, 6.07) is 0.730. The number of piperazine rings is 1. The molecule has 1 aromatic rings. The number of nitrogen functional groups attached to an aromatic ring is 1. The minimum Gasteiger partial charge on any atom is -0.351 e. The van der Waals surface area contributed by atoms with Crippen LogP contribution in [0.15, 0.2) is 6.20 Å². The SMILES string of the molecule is NNc1ncc(F)c(N2CCN(C3CCCC3)CC2)n1. The molecule has 0 bridgehead atoms. The number of anilines is 2. The molecule has 3 N–H and O–H groups in total. The third kappa shape index (κ3) is 2.69. The highest BCUT2D eigenvalue weighted by Gasteiger charge is 2.27. The van der Waals surface area contributed by atoms with Gasteiger partial charge in [-0.25, -0.2) is 15.2 Å². The van der Waals surface area contributed by atoms with E-state index >= 15 is 0 Å². The molecule has 110 valence electrons. The monoisotopic (exact) mass is 280 g/mol. The lowest BCUT2D eigenvalue weighted by molar-refractivity contribution is 0.187. The second-order valence-electron chi connectivity index (χ2n) is 5.47. The van der Waals surface area contributed by atoms with E-state index in [2.05, 4.69) is 20.3 Å². The van der Waals surface area contributed by atoms with Crippen LogP contribution in [0.5, 0.6) is 0 Å². The Kier molecular flexibility index (Phi) is 3.98. The van der Waals surface area contributed by atoms with Crippen molar-refractivity contribution in [1.29, 1.82) is 0 Å². The molecule has 1 saturated carbocycles. The quantitative estimate of drug-likeness (QED) is 0.635. The smallest absolute Gasteiger partial charge is 0.239 e. The van der Waals surface area contributed by atoms with Crippen molar-refractivity contribution in [2.45, 2.75) is 31.7 Å². The van der Waals surface area contributed by atoms with Crippen molar-refractivity contribution in [1.82, 2.24) is 14.9 Å². The van der Waals surface area contributed by atoms with Crippen LogP contribution in [0.1, 0.15) is 25.7 Å².